The molecule has 0 unspecified atom stereocenters. The van der Waals surface area contributed by atoms with Gasteiger partial charge in [-0.15, -0.1) is 0 Å². The molecule has 3 heterocycles. The van der Waals surface area contributed by atoms with E-state index in [4.69, 9.17) is 16.1 Å². The van der Waals surface area contributed by atoms with Gasteiger partial charge in [-0.25, -0.2) is 4.98 Å². The van der Waals surface area contributed by atoms with Crippen LogP contribution >= 0.6 is 11.6 Å². The van der Waals surface area contributed by atoms with E-state index in [0.29, 0.717) is 53.1 Å². The number of β-amino-alcohol motifs (C(OH)–C–C–N with tert-alkyl or cyclic N) is 1. The summed E-state index contributed by atoms with van der Waals surface area (Å²) < 4.78 is 5.32. The van der Waals surface area contributed by atoms with E-state index in [1.54, 1.807) is 6.92 Å². The lowest BCUT2D eigenvalue weighted by Gasteiger charge is -2.24. The van der Waals surface area contributed by atoms with E-state index < -0.39 is 6.10 Å². The van der Waals surface area contributed by atoms with Crippen LogP contribution in [0.4, 0.5) is 5.82 Å². The fraction of sp³-hybridized carbons (Fsp3) is 0.467. The Kier molecular flexibility index (Phi) is 4.20. The number of aromatic nitrogens is 3. The fourth-order valence-corrected chi connectivity index (χ4v) is 2.89. The number of pyridine rings is 1. The highest BCUT2D eigenvalue weighted by molar-refractivity contribution is 6.31. The van der Waals surface area contributed by atoms with Crippen molar-refractivity contribution in [2.24, 2.45) is 0 Å². The number of aliphatic hydroxyl groups is 1. The summed E-state index contributed by atoms with van der Waals surface area (Å²) in [7, 11) is 0. The van der Waals surface area contributed by atoms with Crippen LogP contribution in [0.1, 0.15) is 42.2 Å². The van der Waals surface area contributed by atoms with Gasteiger partial charge in [0.2, 0.25) is 5.89 Å². The minimum atomic E-state index is -0.554. The van der Waals surface area contributed by atoms with Gasteiger partial charge < -0.3 is 14.5 Å². The fourth-order valence-electron chi connectivity index (χ4n) is 2.75. The molecule has 2 aromatic rings. The molecule has 23 heavy (non-hydrogen) atoms. The Balaban J connectivity index is 2.04. The van der Waals surface area contributed by atoms with Gasteiger partial charge in [0.25, 0.3) is 0 Å². The Morgan fingerprint density at radius 3 is 3.00 bits per heavy atom. The number of aryl methyl sites for hydroxylation is 1. The van der Waals surface area contributed by atoms with E-state index in [9.17, 15) is 10.4 Å². The van der Waals surface area contributed by atoms with Crippen LogP contribution in [0.25, 0.3) is 0 Å². The summed E-state index contributed by atoms with van der Waals surface area (Å²) in [5.41, 5.74) is 1.06. The summed E-state index contributed by atoms with van der Waals surface area (Å²) in [6.45, 7) is 4.06. The molecule has 0 radical (unpaired) electrons. The Morgan fingerprint density at radius 1 is 1.57 bits per heavy atom. The molecule has 0 aromatic carbocycles. The monoisotopic (exact) mass is 333 g/mol. The molecule has 1 saturated heterocycles. The minimum Gasteiger partial charge on any atom is -0.391 e. The first kappa shape index (κ1) is 15.7. The number of hydrogen-bond donors (Lipinski definition) is 1. The van der Waals surface area contributed by atoms with Gasteiger partial charge >= 0.3 is 0 Å². The molecular weight excluding hydrogens is 318 g/mol. The van der Waals surface area contributed by atoms with Crippen LogP contribution in [0.5, 0.6) is 0 Å². The predicted octanol–water partition coefficient (Wildman–Crippen LogP) is 2.17. The van der Waals surface area contributed by atoms with Crippen molar-refractivity contribution in [3.8, 4) is 6.07 Å². The van der Waals surface area contributed by atoms with Crippen molar-refractivity contribution in [1.82, 2.24) is 15.1 Å². The first-order valence-corrected chi connectivity index (χ1v) is 7.75. The molecule has 120 valence electrons. The second-order valence-corrected chi connectivity index (χ2v) is 5.91. The molecule has 1 aliphatic rings. The molecule has 1 fully saturated rings. The lowest BCUT2D eigenvalue weighted by atomic mass is 10.1. The molecule has 2 aromatic heterocycles. The topological polar surface area (TPSA) is 99.1 Å². The second kappa shape index (κ2) is 6.14. The van der Waals surface area contributed by atoms with Crippen molar-refractivity contribution < 1.29 is 9.63 Å². The van der Waals surface area contributed by atoms with Gasteiger partial charge in [0, 0.05) is 25.6 Å². The molecule has 3 rings (SSSR count). The molecule has 7 nitrogen and oxygen atoms in total. The zero-order chi connectivity index (χ0) is 16.6. The number of halogens is 1. The van der Waals surface area contributed by atoms with Gasteiger partial charge in [0.15, 0.2) is 5.82 Å². The lowest BCUT2D eigenvalue weighted by Crippen LogP contribution is -2.26. The molecule has 0 amide bonds. The van der Waals surface area contributed by atoms with Crippen molar-refractivity contribution >= 4 is 17.4 Å². The predicted molar refractivity (Wildman–Crippen MR) is 83.1 cm³/mol. The van der Waals surface area contributed by atoms with Crippen LogP contribution in [0.3, 0.4) is 0 Å². The zero-order valence-electron chi connectivity index (χ0n) is 12.8. The van der Waals surface area contributed by atoms with E-state index in [0.717, 1.165) is 0 Å². The number of hydrogen-bond acceptors (Lipinski definition) is 7. The van der Waals surface area contributed by atoms with Crippen LogP contribution in [-0.2, 0) is 6.42 Å². The van der Waals surface area contributed by atoms with Crippen molar-refractivity contribution in [3.63, 3.8) is 0 Å². The maximum atomic E-state index is 10.1. The highest BCUT2D eigenvalue weighted by Gasteiger charge is 2.38. The van der Waals surface area contributed by atoms with E-state index >= 15 is 0 Å². The standard InChI is InChI=1S/C15H16ClN5O2/c1-3-13-19-15(23-20-13)12-4-9(22)7-21(12)14-10(5-17)8(2)11(16)6-18-14/h6,9,12,22H,3-4,7H2,1-2H3/t9-,12+/m0/s1. The third kappa shape index (κ3) is 2.76. The van der Waals surface area contributed by atoms with E-state index in [2.05, 4.69) is 21.2 Å². The SMILES string of the molecule is CCc1noc([C@H]2C[C@H](O)CN2c2ncc(Cl)c(C)c2C#N)n1. The Morgan fingerprint density at radius 2 is 2.35 bits per heavy atom. The molecule has 0 aliphatic carbocycles. The minimum absolute atomic E-state index is 0.307. The molecule has 0 spiro atoms. The highest BCUT2D eigenvalue weighted by atomic mass is 35.5. The quantitative estimate of drug-likeness (QED) is 0.918. The number of nitrogens with zero attached hydrogens (tertiary/aromatic N) is 5. The van der Waals surface area contributed by atoms with Gasteiger partial charge in [-0.1, -0.05) is 23.7 Å². The van der Waals surface area contributed by atoms with Crippen LogP contribution in [0, 0.1) is 18.3 Å². The number of rotatable bonds is 3. The van der Waals surface area contributed by atoms with E-state index in [1.165, 1.54) is 6.20 Å². The van der Waals surface area contributed by atoms with Crippen molar-refractivity contribution in [2.75, 3.05) is 11.4 Å². The average molecular weight is 334 g/mol. The summed E-state index contributed by atoms with van der Waals surface area (Å²) in [6.07, 6.45) is 2.07. The Bertz CT molecular complexity index is 770. The highest BCUT2D eigenvalue weighted by Crippen LogP contribution is 2.37. The summed E-state index contributed by atoms with van der Waals surface area (Å²) in [5.74, 6) is 1.52. The van der Waals surface area contributed by atoms with Crippen LogP contribution in [0.2, 0.25) is 5.02 Å². The van der Waals surface area contributed by atoms with Crippen LogP contribution in [-0.4, -0.2) is 32.9 Å². The van der Waals surface area contributed by atoms with Gasteiger partial charge in [-0.3, -0.25) is 0 Å². The summed E-state index contributed by atoms with van der Waals surface area (Å²) in [6, 6.07) is 1.84. The number of nitriles is 1. The molecule has 1 aliphatic heterocycles. The first-order valence-electron chi connectivity index (χ1n) is 7.37. The number of anilines is 1. The zero-order valence-corrected chi connectivity index (χ0v) is 13.6. The third-order valence-corrected chi connectivity index (χ3v) is 4.39. The summed E-state index contributed by atoms with van der Waals surface area (Å²) in [4.78, 5) is 10.5. The van der Waals surface area contributed by atoms with Gasteiger partial charge in [0.05, 0.1) is 16.7 Å². The smallest absolute Gasteiger partial charge is 0.249 e. The van der Waals surface area contributed by atoms with Crippen molar-refractivity contribution in [3.05, 3.63) is 34.1 Å². The third-order valence-electron chi connectivity index (χ3n) is 4.00. The first-order chi connectivity index (χ1) is 11.0. The number of aliphatic hydroxyl groups excluding tert-OH is 1. The molecular formula is C15H16ClN5O2. The normalized spacial score (nSPS) is 20.7. The van der Waals surface area contributed by atoms with Gasteiger partial charge in [-0.2, -0.15) is 10.2 Å². The van der Waals surface area contributed by atoms with Crippen molar-refractivity contribution in [2.45, 2.75) is 38.8 Å². The molecule has 8 heteroatoms. The average Bonchev–Trinajstić information content (AvgIpc) is 3.15. The second-order valence-electron chi connectivity index (χ2n) is 5.50. The molecule has 1 N–H and O–H groups in total. The maximum absolute atomic E-state index is 10.1. The van der Waals surface area contributed by atoms with E-state index in [-0.39, 0.29) is 6.04 Å². The largest absolute Gasteiger partial charge is 0.391 e. The van der Waals surface area contributed by atoms with Gasteiger partial charge in [0.1, 0.15) is 17.9 Å². The molecule has 2 atom stereocenters. The van der Waals surface area contributed by atoms with Crippen LogP contribution in [0.15, 0.2) is 10.7 Å². The molecule has 0 saturated carbocycles. The Hall–Kier alpha value is -2.17. The summed E-state index contributed by atoms with van der Waals surface area (Å²) >= 11 is 6.05. The molecule has 0 bridgehead atoms. The maximum Gasteiger partial charge on any atom is 0.249 e. The van der Waals surface area contributed by atoms with Crippen LogP contribution < -0.4 is 4.90 Å². The van der Waals surface area contributed by atoms with Crippen molar-refractivity contribution in [1.29, 1.82) is 5.26 Å². The van der Waals surface area contributed by atoms with E-state index in [1.807, 2.05) is 11.8 Å². The summed E-state index contributed by atoms with van der Waals surface area (Å²) in [5, 5.41) is 23.9. The Labute approximate surface area is 138 Å². The lowest BCUT2D eigenvalue weighted by molar-refractivity contribution is 0.191. The van der Waals surface area contributed by atoms with Gasteiger partial charge in [-0.05, 0) is 12.5 Å².